The standard InChI is InChI=1S/C7H9FN2.ClH/c8-7-5-6(1-3-9)2-4-10-7;/h2,4-5H,1,3,9H2;1H. The second kappa shape index (κ2) is 5.04. The summed E-state index contributed by atoms with van der Waals surface area (Å²) in [6.07, 6.45) is 2.15. The number of nitrogens with two attached hydrogens (primary N) is 1. The zero-order valence-corrected chi connectivity index (χ0v) is 6.77. The molecule has 1 rings (SSSR count). The molecule has 0 bridgehead atoms. The van der Waals surface area contributed by atoms with Crippen LogP contribution in [-0.2, 0) is 6.42 Å². The minimum atomic E-state index is -0.439. The number of halogens is 2. The Morgan fingerprint density at radius 2 is 2.27 bits per heavy atom. The summed E-state index contributed by atoms with van der Waals surface area (Å²) in [7, 11) is 0. The van der Waals surface area contributed by atoms with E-state index < -0.39 is 5.95 Å². The zero-order valence-electron chi connectivity index (χ0n) is 5.96. The van der Waals surface area contributed by atoms with E-state index in [1.165, 1.54) is 12.3 Å². The van der Waals surface area contributed by atoms with Gasteiger partial charge in [0.25, 0.3) is 0 Å². The molecule has 0 amide bonds. The van der Waals surface area contributed by atoms with Crippen LogP contribution in [0.15, 0.2) is 18.3 Å². The van der Waals surface area contributed by atoms with Crippen molar-refractivity contribution in [2.45, 2.75) is 6.42 Å². The van der Waals surface area contributed by atoms with Gasteiger partial charge in [0.15, 0.2) is 0 Å². The molecule has 1 aromatic heterocycles. The number of hydrogen-bond donors (Lipinski definition) is 1. The smallest absolute Gasteiger partial charge is 0.213 e. The van der Waals surface area contributed by atoms with E-state index in [-0.39, 0.29) is 12.4 Å². The van der Waals surface area contributed by atoms with Gasteiger partial charge in [-0.15, -0.1) is 12.4 Å². The van der Waals surface area contributed by atoms with Crippen molar-refractivity contribution in [3.8, 4) is 0 Å². The fourth-order valence-electron chi connectivity index (χ4n) is 0.765. The SMILES string of the molecule is Cl.NCCc1ccnc(F)c1. The summed E-state index contributed by atoms with van der Waals surface area (Å²) in [5.41, 5.74) is 6.17. The highest BCUT2D eigenvalue weighted by Crippen LogP contribution is 1.99. The third kappa shape index (κ3) is 3.30. The van der Waals surface area contributed by atoms with Gasteiger partial charge in [-0.05, 0) is 30.7 Å². The van der Waals surface area contributed by atoms with Crippen molar-refractivity contribution < 1.29 is 4.39 Å². The number of pyridine rings is 1. The first-order chi connectivity index (χ1) is 4.83. The highest BCUT2D eigenvalue weighted by Gasteiger charge is 1.92. The molecule has 0 aliphatic rings. The van der Waals surface area contributed by atoms with E-state index >= 15 is 0 Å². The monoisotopic (exact) mass is 176 g/mol. The molecular weight excluding hydrogens is 167 g/mol. The Morgan fingerprint density at radius 3 is 2.82 bits per heavy atom. The van der Waals surface area contributed by atoms with E-state index in [4.69, 9.17) is 5.73 Å². The van der Waals surface area contributed by atoms with Crippen molar-refractivity contribution in [2.24, 2.45) is 5.73 Å². The van der Waals surface area contributed by atoms with Gasteiger partial charge in [0.2, 0.25) is 5.95 Å². The van der Waals surface area contributed by atoms with Crippen LogP contribution in [0.3, 0.4) is 0 Å². The van der Waals surface area contributed by atoms with E-state index in [1.807, 2.05) is 0 Å². The summed E-state index contributed by atoms with van der Waals surface area (Å²) in [5, 5.41) is 0. The van der Waals surface area contributed by atoms with Crippen molar-refractivity contribution in [1.29, 1.82) is 0 Å². The van der Waals surface area contributed by atoms with Crippen LogP contribution in [0, 0.1) is 5.95 Å². The lowest BCUT2D eigenvalue weighted by atomic mass is 10.2. The van der Waals surface area contributed by atoms with E-state index in [9.17, 15) is 4.39 Å². The van der Waals surface area contributed by atoms with Crippen LogP contribution in [0.4, 0.5) is 4.39 Å². The summed E-state index contributed by atoms with van der Waals surface area (Å²) in [4.78, 5) is 3.41. The van der Waals surface area contributed by atoms with Crippen LogP contribution >= 0.6 is 12.4 Å². The number of nitrogens with zero attached hydrogens (tertiary/aromatic N) is 1. The Morgan fingerprint density at radius 1 is 1.55 bits per heavy atom. The maximum absolute atomic E-state index is 12.3. The second-order valence-corrected chi connectivity index (χ2v) is 2.03. The third-order valence-corrected chi connectivity index (χ3v) is 1.22. The summed E-state index contributed by atoms with van der Waals surface area (Å²) in [5.74, 6) is -0.439. The number of rotatable bonds is 2. The van der Waals surface area contributed by atoms with Crippen LogP contribution < -0.4 is 5.73 Å². The van der Waals surface area contributed by atoms with Gasteiger partial charge in [0.1, 0.15) is 0 Å². The van der Waals surface area contributed by atoms with Gasteiger partial charge in [-0.3, -0.25) is 0 Å². The number of hydrogen-bond acceptors (Lipinski definition) is 2. The van der Waals surface area contributed by atoms with Crippen molar-refractivity contribution >= 4 is 12.4 Å². The molecule has 4 heteroatoms. The van der Waals surface area contributed by atoms with Crippen LogP contribution in [0.2, 0.25) is 0 Å². The molecule has 11 heavy (non-hydrogen) atoms. The summed E-state index contributed by atoms with van der Waals surface area (Å²) >= 11 is 0. The van der Waals surface area contributed by atoms with Crippen molar-refractivity contribution in [3.05, 3.63) is 29.8 Å². The third-order valence-electron chi connectivity index (χ3n) is 1.22. The van der Waals surface area contributed by atoms with Crippen molar-refractivity contribution in [2.75, 3.05) is 6.54 Å². The highest BCUT2D eigenvalue weighted by atomic mass is 35.5. The predicted molar refractivity (Wildman–Crippen MR) is 44.2 cm³/mol. The lowest BCUT2D eigenvalue weighted by molar-refractivity contribution is 0.581. The molecule has 0 spiro atoms. The Kier molecular flexibility index (Phi) is 4.74. The normalized spacial score (nSPS) is 8.91. The first-order valence-corrected chi connectivity index (χ1v) is 3.13. The molecule has 0 aliphatic heterocycles. The lowest BCUT2D eigenvalue weighted by Gasteiger charge is -1.95. The molecule has 0 unspecified atom stereocenters. The van der Waals surface area contributed by atoms with E-state index in [0.717, 1.165) is 5.56 Å². The second-order valence-electron chi connectivity index (χ2n) is 2.03. The minimum Gasteiger partial charge on any atom is -0.330 e. The van der Waals surface area contributed by atoms with Crippen molar-refractivity contribution in [1.82, 2.24) is 4.98 Å². The van der Waals surface area contributed by atoms with Gasteiger partial charge in [-0.1, -0.05) is 0 Å². The highest BCUT2D eigenvalue weighted by molar-refractivity contribution is 5.85. The van der Waals surface area contributed by atoms with Crippen LogP contribution in [0.25, 0.3) is 0 Å². The summed E-state index contributed by atoms with van der Waals surface area (Å²) in [6.45, 7) is 0.545. The average molecular weight is 177 g/mol. The topological polar surface area (TPSA) is 38.9 Å². The predicted octanol–water partition coefficient (Wildman–Crippen LogP) is 1.14. The van der Waals surface area contributed by atoms with Gasteiger partial charge in [-0.25, -0.2) is 4.98 Å². The van der Waals surface area contributed by atoms with Crippen LogP contribution in [0.5, 0.6) is 0 Å². The fraction of sp³-hybridized carbons (Fsp3) is 0.286. The lowest BCUT2D eigenvalue weighted by Crippen LogP contribution is -2.02. The van der Waals surface area contributed by atoms with E-state index in [1.54, 1.807) is 6.07 Å². The maximum Gasteiger partial charge on any atom is 0.213 e. The Balaban J connectivity index is 0.000001000. The van der Waals surface area contributed by atoms with E-state index in [0.29, 0.717) is 13.0 Å². The van der Waals surface area contributed by atoms with Crippen LogP contribution in [-0.4, -0.2) is 11.5 Å². The van der Waals surface area contributed by atoms with Gasteiger partial charge in [0.05, 0.1) is 0 Å². The Labute approximate surface area is 71.0 Å². The molecule has 1 aromatic rings. The van der Waals surface area contributed by atoms with Gasteiger partial charge >= 0.3 is 0 Å². The van der Waals surface area contributed by atoms with Crippen molar-refractivity contribution in [3.63, 3.8) is 0 Å². The maximum atomic E-state index is 12.3. The first kappa shape index (κ1) is 10.3. The zero-order chi connectivity index (χ0) is 7.40. The molecular formula is C7H10ClFN2. The molecule has 0 saturated carbocycles. The largest absolute Gasteiger partial charge is 0.330 e. The molecule has 0 fully saturated rings. The van der Waals surface area contributed by atoms with Gasteiger partial charge in [-0.2, -0.15) is 4.39 Å². The van der Waals surface area contributed by atoms with E-state index in [2.05, 4.69) is 4.98 Å². The molecule has 0 aliphatic carbocycles. The van der Waals surface area contributed by atoms with Gasteiger partial charge < -0.3 is 5.73 Å². The van der Waals surface area contributed by atoms with Gasteiger partial charge in [0, 0.05) is 6.20 Å². The summed E-state index contributed by atoms with van der Waals surface area (Å²) < 4.78 is 12.3. The molecule has 0 aromatic carbocycles. The first-order valence-electron chi connectivity index (χ1n) is 3.13. The molecule has 0 atom stereocenters. The molecule has 0 saturated heterocycles. The minimum absolute atomic E-state index is 0. The fourth-order valence-corrected chi connectivity index (χ4v) is 0.765. The average Bonchev–Trinajstić information content (AvgIpc) is 1.88. The number of aromatic nitrogens is 1. The van der Waals surface area contributed by atoms with Crippen LogP contribution in [0.1, 0.15) is 5.56 Å². The Bertz CT molecular complexity index is 217. The molecule has 0 radical (unpaired) electrons. The molecule has 62 valence electrons. The quantitative estimate of drug-likeness (QED) is 0.687. The molecule has 2 N–H and O–H groups in total. The molecule has 1 heterocycles. The Hall–Kier alpha value is -0.670. The summed E-state index contributed by atoms with van der Waals surface area (Å²) in [6, 6.07) is 3.16. The molecule has 2 nitrogen and oxygen atoms in total.